The third-order valence-corrected chi connectivity index (χ3v) is 5.05. The molecule has 3 aliphatic rings. The Kier molecular flexibility index (Phi) is 6.11. The molecule has 3 saturated heterocycles. The van der Waals surface area contributed by atoms with Crippen molar-refractivity contribution in [2.75, 3.05) is 32.8 Å². The number of esters is 3. The van der Waals surface area contributed by atoms with E-state index in [1.807, 2.05) is 0 Å². The second-order valence-corrected chi connectivity index (χ2v) is 6.82. The van der Waals surface area contributed by atoms with Gasteiger partial charge in [0.15, 0.2) is 0 Å². The fourth-order valence-corrected chi connectivity index (χ4v) is 3.66. The van der Waals surface area contributed by atoms with E-state index in [0.29, 0.717) is 5.92 Å². The summed E-state index contributed by atoms with van der Waals surface area (Å²) in [5.74, 6) is -1.36. The highest BCUT2D eigenvalue weighted by atomic mass is 16.5. The van der Waals surface area contributed by atoms with Crippen molar-refractivity contribution in [3.8, 4) is 0 Å². The van der Waals surface area contributed by atoms with Crippen molar-refractivity contribution in [1.29, 1.82) is 0 Å². The van der Waals surface area contributed by atoms with Crippen molar-refractivity contribution in [3.05, 3.63) is 34.9 Å². The van der Waals surface area contributed by atoms with Gasteiger partial charge in [-0.15, -0.1) is 0 Å². The van der Waals surface area contributed by atoms with Crippen LogP contribution in [0.1, 0.15) is 57.8 Å². The minimum absolute atomic E-state index is 0.128. The van der Waals surface area contributed by atoms with E-state index in [9.17, 15) is 14.4 Å². The van der Waals surface area contributed by atoms with Gasteiger partial charge in [0.05, 0.1) is 29.9 Å². The normalized spacial score (nSPS) is 23.6. The van der Waals surface area contributed by atoms with Gasteiger partial charge >= 0.3 is 17.9 Å². The number of hydrogen-bond donors (Lipinski definition) is 0. The average Bonchev–Trinajstić information content (AvgIpc) is 2.69. The minimum atomic E-state index is -0.597. The van der Waals surface area contributed by atoms with E-state index in [0.717, 1.165) is 32.5 Å². The Morgan fingerprint density at radius 1 is 0.889 bits per heavy atom. The second kappa shape index (κ2) is 8.52. The van der Waals surface area contributed by atoms with Gasteiger partial charge in [-0.25, -0.2) is 14.4 Å². The third kappa shape index (κ3) is 4.47. The van der Waals surface area contributed by atoms with Crippen molar-refractivity contribution in [3.63, 3.8) is 0 Å². The van der Waals surface area contributed by atoms with Gasteiger partial charge < -0.3 is 14.2 Å². The standard InChI is InChI=1S/C20H25NO6/c1-3-25-18(22)14-9-15(19(23)26-4-2)11-16(10-14)20(24)27-17-12-21-7-5-13(17)6-8-21/h9-11,13,17H,3-8,12H2,1-2H3. The maximum atomic E-state index is 12.7. The Morgan fingerprint density at radius 3 is 1.78 bits per heavy atom. The molecule has 0 saturated carbocycles. The van der Waals surface area contributed by atoms with Crippen LogP contribution in [-0.2, 0) is 14.2 Å². The van der Waals surface area contributed by atoms with Crippen molar-refractivity contribution in [2.24, 2.45) is 5.92 Å². The molecule has 0 aromatic heterocycles. The number of nitrogens with zero attached hydrogens (tertiary/aromatic N) is 1. The van der Waals surface area contributed by atoms with E-state index in [2.05, 4.69) is 4.90 Å². The van der Waals surface area contributed by atoms with E-state index < -0.39 is 17.9 Å². The summed E-state index contributed by atoms with van der Waals surface area (Å²) >= 11 is 0. The van der Waals surface area contributed by atoms with Gasteiger partial charge in [0, 0.05) is 6.54 Å². The smallest absolute Gasteiger partial charge is 0.338 e. The first-order valence-electron chi connectivity index (χ1n) is 9.44. The minimum Gasteiger partial charge on any atom is -0.462 e. The summed E-state index contributed by atoms with van der Waals surface area (Å²) in [6, 6.07) is 4.19. The van der Waals surface area contributed by atoms with Crippen LogP contribution in [0.4, 0.5) is 0 Å². The topological polar surface area (TPSA) is 82.1 Å². The quantitative estimate of drug-likeness (QED) is 0.557. The zero-order valence-electron chi connectivity index (χ0n) is 15.7. The molecule has 27 heavy (non-hydrogen) atoms. The Morgan fingerprint density at radius 2 is 1.37 bits per heavy atom. The van der Waals surface area contributed by atoms with Gasteiger partial charge in [-0.1, -0.05) is 0 Å². The van der Waals surface area contributed by atoms with Gasteiger partial charge in [0.1, 0.15) is 6.10 Å². The van der Waals surface area contributed by atoms with Gasteiger partial charge in [-0.3, -0.25) is 4.90 Å². The number of carbonyl (C=O) groups excluding carboxylic acids is 3. The monoisotopic (exact) mass is 375 g/mol. The van der Waals surface area contributed by atoms with Crippen LogP contribution in [0.25, 0.3) is 0 Å². The zero-order valence-corrected chi connectivity index (χ0v) is 15.7. The summed E-state index contributed by atoms with van der Waals surface area (Å²) in [6.07, 6.45) is 1.89. The van der Waals surface area contributed by atoms with E-state index in [1.165, 1.54) is 18.2 Å². The largest absolute Gasteiger partial charge is 0.462 e. The molecule has 0 spiro atoms. The lowest BCUT2D eigenvalue weighted by Gasteiger charge is -2.43. The summed E-state index contributed by atoms with van der Waals surface area (Å²) < 4.78 is 15.7. The molecule has 0 radical (unpaired) electrons. The number of rotatable bonds is 6. The third-order valence-electron chi connectivity index (χ3n) is 5.05. The highest BCUT2D eigenvalue weighted by Gasteiger charge is 2.36. The molecule has 7 heteroatoms. The molecular weight excluding hydrogens is 350 g/mol. The Balaban J connectivity index is 1.82. The van der Waals surface area contributed by atoms with Crippen LogP contribution in [0.5, 0.6) is 0 Å². The first kappa shape index (κ1) is 19.4. The molecule has 1 aromatic rings. The number of carbonyl (C=O) groups is 3. The highest BCUT2D eigenvalue weighted by Crippen LogP contribution is 2.30. The lowest BCUT2D eigenvalue weighted by molar-refractivity contribution is -0.0455. The molecule has 3 aliphatic heterocycles. The Bertz CT molecular complexity index is 687. The van der Waals surface area contributed by atoms with Crippen molar-refractivity contribution >= 4 is 17.9 Å². The average molecular weight is 375 g/mol. The molecule has 1 aromatic carbocycles. The first-order chi connectivity index (χ1) is 13.0. The van der Waals surface area contributed by atoms with Crippen molar-refractivity contribution < 1.29 is 28.6 Å². The summed E-state index contributed by atoms with van der Waals surface area (Å²) in [5, 5.41) is 0. The molecule has 0 amide bonds. The SMILES string of the molecule is CCOC(=O)c1cc(C(=O)OCC)cc(C(=O)OC2CN3CCC2CC3)c1. The maximum absolute atomic E-state index is 12.7. The van der Waals surface area contributed by atoms with Gasteiger partial charge in [0.25, 0.3) is 0 Å². The van der Waals surface area contributed by atoms with Crippen molar-refractivity contribution in [2.45, 2.75) is 32.8 Å². The molecular formula is C20H25NO6. The van der Waals surface area contributed by atoms with E-state index in [1.54, 1.807) is 13.8 Å². The number of benzene rings is 1. The number of hydrogen-bond acceptors (Lipinski definition) is 7. The van der Waals surface area contributed by atoms with Gasteiger partial charge in [0.2, 0.25) is 0 Å². The molecule has 146 valence electrons. The number of piperidine rings is 3. The van der Waals surface area contributed by atoms with Crippen LogP contribution in [-0.4, -0.2) is 61.8 Å². The molecule has 1 unspecified atom stereocenters. The van der Waals surface area contributed by atoms with E-state index >= 15 is 0 Å². The number of fused-ring (bicyclic) bond motifs is 3. The maximum Gasteiger partial charge on any atom is 0.338 e. The van der Waals surface area contributed by atoms with Crippen LogP contribution < -0.4 is 0 Å². The fourth-order valence-electron chi connectivity index (χ4n) is 3.66. The van der Waals surface area contributed by atoms with Gasteiger partial charge in [-0.05, 0) is 63.9 Å². The van der Waals surface area contributed by atoms with E-state index in [-0.39, 0.29) is 36.0 Å². The molecule has 4 rings (SSSR count). The lowest BCUT2D eigenvalue weighted by atomic mass is 9.86. The van der Waals surface area contributed by atoms with Gasteiger partial charge in [-0.2, -0.15) is 0 Å². The highest BCUT2D eigenvalue weighted by molar-refractivity contribution is 6.00. The Hall–Kier alpha value is -2.41. The summed E-state index contributed by atoms with van der Waals surface area (Å²) in [6.45, 7) is 6.60. The number of ether oxygens (including phenoxy) is 3. The molecule has 0 N–H and O–H groups in total. The summed E-state index contributed by atoms with van der Waals surface area (Å²) in [7, 11) is 0. The molecule has 2 bridgehead atoms. The lowest BCUT2D eigenvalue weighted by Crippen LogP contribution is -2.51. The summed E-state index contributed by atoms with van der Waals surface area (Å²) in [5.41, 5.74) is 0.409. The molecule has 7 nitrogen and oxygen atoms in total. The molecule has 3 fully saturated rings. The van der Waals surface area contributed by atoms with Crippen LogP contribution in [0, 0.1) is 5.92 Å². The zero-order chi connectivity index (χ0) is 19.4. The van der Waals surface area contributed by atoms with Crippen LogP contribution in [0.3, 0.4) is 0 Å². The molecule has 1 atom stereocenters. The fraction of sp³-hybridized carbons (Fsp3) is 0.550. The predicted molar refractivity (Wildman–Crippen MR) is 96.7 cm³/mol. The Labute approximate surface area is 158 Å². The molecule has 0 aliphatic carbocycles. The van der Waals surface area contributed by atoms with Crippen molar-refractivity contribution in [1.82, 2.24) is 4.90 Å². The van der Waals surface area contributed by atoms with Crippen LogP contribution in [0.2, 0.25) is 0 Å². The van der Waals surface area contributed by atoms with Crippen LogP contribution >= 0.6 is 0 Å². The van der Waals surface area contributed by atoms with E-state index in [4.69, 9.17) is 14.2 Å². The molecule has 3 heterocycles. The first-order valence-corrected chi connectivity index (χ1v) is 9.44. The van der Waals surface area contributed by atoms with Crippen LogP contribution in [0.15, 0.2) is 18.2 Å². The summed E-state index contributed by atoms with van der Waals surface area (Å²) in [4.78, 5) is 39.2. The predicted octanol–water partition coefficient (Wildman–Crippen LogP) is 2.29. The second-order valence-electron chi connectivity index (χ2n) is 6.82.